The van der Waals surface area contributed by atoms with Gasteiger partial charge < -0.3 is 5.32 Å². The molecule has 0 saturated carbocycles. The summed E-state index contributed by atoms with van der Waals surface area (Å²) < 4.78 is 1.69. The highest BCUT2D eigenvalue weighted by atomic mass is 15.4. The minimum absolute atomic E-state index is 0.316. The molecule has 0 saturated heterocycles. The molecule has 0 aromatic carbocycles. The monoisotopic (exact) mass is 262 g/mol. The molecule has 2 aromatic heterocycles. The minimum atomic E-state index is 0.316. The van der Waals surface area contributed by atoms with E-state index in [2.05, 4.69) is 37.6 Å². The quantitative estimate of drug-likeness (QED) is 0.387. The Morgan fingerprint density at radius 2 is 2.05 bits per heavy atom. The molecule has 0 aliphatic rings. The van der Waals surface area contributed by atoms with Crippen molar-refractivity contribution in [3.8, 4) is 5.95 Å². The number of nitrogens with two attached hydrogens (primary N) is 1. The predicted molar refractivity (Wildman–Crippen MR) is 72.8 cm³/mol. The van der Waals surface area contributed by atoms with Crippen LogP contribution in [0.4, 0.5) is 11.9 Å². The number of anilines is 2. The summed E-state index contributed by atoms with van der Waals surface area (Å²) in [6.07, 6.45) is 8.47. The molecule has 0 aliphatic heterocycles. The lowest BCUT2D eigenvalue weighted by molar-refractivity contribution is 0.739. The highest BCUT2D eigenvalue weighted by Gasteiger charge is 2.06. The van der Waals surface area contributed by atoms with Gasteiger partial charge in [0, 0.05) is 18.9 Å². The molecular formula is C11H18N8. The molecule has 0 bridgehead atoms. The Labute approximate surface area is 111 Å². The largest absolute Gasteiger partial charge is 0.354 e. The summed E-state index contributed by atoms with van der Waals surface area (Å²) in [5.41, 5.74) is 2.44. The van der Waals surface area contributed by atoms with Crippen LogP contribution in [0.1, 0.15) is 26.2 Å². The summed E-state index contributed by atoms with van der Waals surface area (Å²) in [6, 6.07) is 0. The van der Waals surface area contributed by atoms with Crippen molar-refractivity contribution in [3.63, 3.8) is 0 Å². The van der Waals surface area contributed by atoms with Crippen LogP contribution in [-0.4, -0.2) is 31.0 Å². The SMILES string of the molecule is CCCCCNc1nc(NN)nc(-n2ccnc2)n1. The van der Waals surface area contributed by atoms with Gasteiger partial charge in [0.05, 0.1) is 0 Å². The number of hydrogen-bond donors (Lipinski definition) is 3. The lowest BCUT2D eigenvalue weighted by Crippen LogP contribution is -2.16. The molecule has 0 spiro atoms. The van der Waals surface area contributed by atoms with Crippen molar-refractivity contribution >= 4 is 11.9 Å². The van der Waals surface area contributed by atoms with Gasteiger partial charge in [-0.05, 0) is 6.42 Å². The molecular weight excluding hydrogens is 244 g/mol. The fourth-order valence-electron chi connectivity index (χ4n) is 1.58. The smallest absolute Gasteiger partial charge is 0.243 e. The van der Waals surface area contributed by atoms with E-state index in [0.717, 1.165) is 13.0 Å². The fraction of sp³-hybridized carbons (Fsp3) is 0.455. The first-order chi connectivity index (χ1) is 9.33. The number of rotatable bonds is 7. The van der Waals surface area contributed by atoms with E-state index < -0.39 is 0 Å². The van der Waals surface area contributed by atoms with E-state index in [-0.39, 0.29) is 0 Å². The summed E-state index contributed by atoms with van der Waals surface area (Å²) in [5, 5.41) is 3.16. The first-order valence-electron chi connectivity index (χ1n) is 6.28. The summed E-state index contributed by atoms with van der Waals surface area (Å²) in [4.78, 5) is 16.6. The third-order valence-corrected chi connectivity index (χ3v) is 2.55. The normalized spacial score (nSPS) is 10.4. The van der Waals surface area contributed by atoms with Crippen LogP contribution in [0.3, 0.4) is 0 Å². The Kier molecular flexibility index (Phi) is 4.62. The number of nitrogen functional groups attached to an aromatic ring is 1. The van der Waals surface area contributed by atoms with Crippen molar-refractivity contribution in [3.05, 3.63) is 18.7 Å². The molecule has 8 heteroatoms. The summed E-state index contributed by atoms with van der Waals surface area (Å²) in [5.74, 6) is 6.65. The standard InChI is InChI=1S/C11H18N8/c1-2-3-4-5-14-9-15-10(18-12)17-11(16-9)19-7-6-13-8-19/h6-8H,2-5,12H2,1H3,(H2,14,15,16,17,18). The Morgan fingerprint density at radius 3 is 2.74 bits per heavy atom. The number of unbranched alkanes of at least 4 members (excludes halogenated alkanes) is 2. The molecule has 0 fully saturated rings. The second kappa shape index (κ2) is 6.64. The molecule has 102 valence electrons. The van der Waals surface area contributed by atoms with Crippen LogP contribution in [0.25, 0.3) is 5.95 Å². The number of hydrogen-bond acceptors (Lipinski definition) is 7. The zero-order valence-electron chi connectivity index (χ0n) is 10.9. The average molecular weight is 262 g/mol. The van der Waals surface area contributed by atoms with Gasteiger partial charge in [0.2, 0.25) is 17.8 Å². The van der Waals surface area contributed by atoms with E-state index in [1.807, 2.05) is 0 Å². The third kappa shape index (κ3) is 3.62. The fourth-order valence-corrected chi connectivity index (χ4v) is 1.58. The van der Waals surface area contributed by atoms with Crippen molar-refractivity contribution < 1.29 is 0 Å². The molecule has 0 radical (unpaired) electrons. The van der Waals surface area contributed by atoms with Crippen LogP contribution in [0.5, 0.6) is 0 Å². The first kappa shape index (κ1) is 13.2. The van der Waals surface area contributed by atoms with Crippen molar-refractivity contribution in [2.75, 3.05) is 17.3 Å². The van der Waals surface area contributed by atoms with Crippen LogP contribution < -0.4 is 16.6 Å². The Bertz CT molecular complexity index is 495. The second-order valence-electron chi connectivity index (χ2n) is 4.03. The van der Waals surface area contributed by atoms with E-state index in [1.54, 1.807) is 23.3 Å². The number of nitrogens with one attached hydrogen (secondary N) is 2. The molecule has 2 rings (SSSR count). The van der Waals surface area contributed by atoms with E-state index in [4.69, 9.17) is 5.84 Å². The maximum Gasteiger partial charge on any atom is 0.243 e. The van der Waals surface area contributed by atoms with Gasteiger partial charge in [0.1, 0.15) is 6.33 Å². The molecule has 0 amide bonds. The van der Waals surface area contributed by atoms with Crippen molar-refractivity contribution in [1.82, 2.24) is 24.5 Å². The lowest BCUT2D eigenvalue weighted by Gasteiger charge is -2.08. The van der Waals surface area contributed by atoms with Gasteiger partial charge in [0.25, 0.3) is 0 Å². The van der Waals surface area contributed by atoms with E-state index >= 15 is 0 Å². The van der Waals surface area contributed by atoms with E-state index in [0.29, 0.717) is 17.8 Å². The number of nitrogens with zero attached hydrogens (tertiary/aromatic N) is 5. The Hall–Kier alpha value is -2.22. The summed E-state index contributed by atoms with van der Waals surface area (Å²) >= 11 is 0. The maximum atomic E-state index is 5.36. The Morgan fingerprint density at radius 1 is 1.21 bits per heavy atom. The zero-order chi connectivity index (χ0) is 13.5. The first-order valence-corrected chi connectivity index (χ1v) is 6.28. The van der Waals surface area contributed by atoms with Crippen molar-refractivity contribution in [1.29, 1.82) is 0 Å². The highest BCUT2D eigenvalue weighted by molar-refractivity contribution is 5.37. The van der Waals surface area contributed by atoms with Gasteiger partial charge in [-0.1, -0.05) is 19.8 Å². The number of hydrazine groups is 1. The zero-order valence-corrected chi connectivity index (χ0v) is 10.9. The minimum Gasteiger partial charge on any atom is -0.354 e. The topological polar surface area (TPSA) is 107 Å². The van der Waals surface area contributed by atoms with Crippen LogP contribution in [0, 0.1) is 0 Å². The van der Waals surface area contributed by atoms with Crippen molar-refractivity contribution in [2.45, 2.75) is 26.2 Å². The molecule has 8 nitrogen and oxygen atoms in total. The highest BCUT2D eigenvalue weighted by Crippen LogP contribution is 2.08. The molecule has 2 heterocycles. The van der Waals surface area contributed by atoms with Crippen molar-refractivity contribution in [2.24, 2.45) is 5.84 Å². The predicted octanol–water partition coefficient (Wildman–Crippen LogP) is 0.945. The molecule has 19 heavy (non-hydrogen) atoms. The van der Waals surface area contributed by atoms with Gasteiger partial charge >= 0.3 is 0 Å². The molecule has 2 aromatic rings. The van der Waals surface area contributed by atoms with Gasteiger partial charge in [0.15, 0.2) is 0 Å². The lowest BCUT2D eigenvalue weighted by atomic mass is 10.2. The van der Waals surface area contributed by atoms with Gasteiger partial charge in [-0.2, -0.15) is 15.0 Å². The average Bonchev–Trinajstić information content (AvgIpc) is 2.97. The number of aromatic nitrogens is 5. The maximum absolute atomic E-state index is 5.36. The van der Waals surface area contributed by atoms with Gasteiger partial charge in [-0.3, -0.25) is 9.99 Å². The van der Waals surface area contributed by atoms with Crippen LogP contribution in [0.2, 0.25) is 0 Å². The molecule has 4 N–H and O–H groups in total. The van der Waals surface area contributed by atoms with Crippen LogP contribution in [-0.2, 0) is 0 Å². The van der Waals surface area contributed by atoms with E-state index in [1.165, 1.54) is 12.8 Å². The van der Waals surface area contributed by atoms with Crippen LogP contribution in [0.15, 0.2) is 18.7 Å². The molecule has 0 aliphatic carbocycles. The second-order valence-corrected chi connectivity index (χ2v) is 4.03. The van der Waals surface area contributed by atoms with Crippen LogP contribution >= 0.6 is 0 Å². The summed E-state index contributed by atoms with van der Waals surface area (Å²) in [6.45, 7) is 2.99. The van der Waals surface area contributed by atoms with Gasteiger partial charge in [-0.15, -0.1) is 0 Å². The molecule has 0 atom stereocenters. The third-order valence-electron chi connectivity index (χ3n) is 2.55. The van der Waals surface area contributed by atoms with E-state index in [9.17, 15) is 0 Å². The molecule has 0 unspecified atom stereocenters. The van der Waals surface area contributed by atoms with Gasteiger partial charge in [-0.25, -0.2) is 10.8 Å². The number of imidazole rings is 1. The summed E-state index contributed by atoms with van der Waals surface area (Å²) in [7, 11) is 0. The Balaban J connectivity index is 2.12.